The van der Waals surface area contributed by atoms with E-state index in [1.165, 1.54) is 13.8 Å². The number of hydrogen-bond donors (Lipinski definition) is 0. The van der Waals surface area contributed by atoms with Crippen LogP contribution in [-0.2, 0) is 9.59 Å². The van der Waals surface area contributed by atoms with Gasteiger partial charge in [0.15, 0.2) is 0 Å². The topological polar surface area (TPSA) is 52.6 Å². The predicted octanol–water partition coefficient (Wildman–Crippen LogP) is 7.49. The Morgan fingerprint density at radius 1 is 0.758 bits per heavy atom. The molecule has 180 valence electrons. The molecule has 0 aliphatic rings. The van der Waals surface area contributed by atoms with E-state index in [2.05, 4.69) is 44.0 Å². The molecular weight excluding hydrogens is 568 g/mol. The van der Waals surface area contributed by atoms with Crippen molar-refractivity contribution in [3.63, 3.8) is 0 Å². The summed E-state index contributed by atoms with van der Waals surface area (Å²) < 4.78 is 11.0. The molecule has 4 nitrogen and oxygen atoms in total. The zero-order valence-corrected chi connectivity index (χ0v) is 23.2. The van der Waals surface area contributed by atoms with Crippen molar-refractivity contribution >= 4 is 55.6 Å². The molecule has 0 fully saturated rings. The minimum absolute atomic E-state index is 0.281. The van der Waals surface area contributed by atoms with Crippen molar-refractivity contribution in [1.29, 1.82) is 0 Å². The fourth-order valence-electron chi connectivity index (χ4n) is 3.79. The lowest BCUT2D eigenvalue weighted by atomic mass is 9.95. The summed E-state index contributed by atoms with van der Waals surface area (Å²) in [5.41, 5.74) is 2.16. The van der Waals surface area contributed by atoms with Crippen molar-refractivity contribution in [2.45, 2.75) is 51.4 Å². The maximum atomic E-state index is 11.6. The molecule has 0 heterocycles. The van der Waals surface area contributed by atoms with Gasteiger partial charge in [0.2, 0.25) is 0 Å². The first-order chi connectivity index (χ1) is 16.0. The Morgan fingerprint density at radius 2 is 1.15 bits per heavy atom. The zero-order chi connectivity index (χ0) is 24.1. The molecule has 2 rings (SSSR count). The van der Waals surface area contributed by atoms with Gasteiger partial charge in [-0.05, 0) is 60.8 Å². The first-order valence-corrected chi connectivity index (χ1v) is 14.6. The van der Waals surface area contributed by atoms with Crippen LogP contribution in [0.1, 0.15) is 62.5 Å². The number of rotatable bonds is 14. The molecule has 0 aromatic heterocycles. The molecule has 0 bridgehead atoms. The van der Waals surface area contributed by atoms with Crippen LogP contribution < -0.4 is 9.47 Å². The first kappa shape index (κ1) is 27.9. The van der Waals surface area contributed by atoms with Gasteiger partial charge in [0, 0.05) is 36.0 Å². The number of ether oxygens (including phenoxy) is 2. The van der Waals surface area contributed by atoms with Crippen LogP contribution in [0.15, 0.2) is 48.5 Å². The minimum atomic E-state index is -0.300. The molecule has 2 aromatic rings. The van der Waals surface area contributed by atoms with Crippen molar-refractivity contribution in [3.8, 4) is 11.5 Å². The van der Waals surface area contributed by atoms with E-state index in [0.29, 0.717) is 11.5 Å². The van der Waals surface area contributed by atoms with Crippen molar-refractivity contribution in [3.05, 3.63) is 59.7 Å². The monoisotopic (exact) mass is 598 g/mol. The van der Waals surface area contributed by atoms with Gasteiger partial charge in [-0.1, -0.05) is 68.3 Å². The Kier molecular flexibility index (Phi) is 13.2. The van der Waals surface area contributed by atoms with Crippen LogP contribution in [0.5, 0.6) is 11.5 Å². The second kappa shape index (κ2) is 15.6. The van der Waals surface area contributed by atoms with E-state index in [-0.39, 0.29) is 23.8 Å². The average Bonchev–Trinajstić information content (AvgIpc) is 2.78. The third kappa shape index (κ3) is 9.83. The molecule has 0 saturated carbocycles. The highest BCUT2D eigenvalue weighted by Crippen LogP contribution is 2.37. The molecule has 7 heteroatoms. The smallest absolute Gasteiger partial charge is 0.308 e. The van der Waals surface area contributed by atoms with Crippen LogP contribution in [0.2, 0.25) is 0 Å². The standard InChI is InChI=1S/C26H32Br2O4S/c1-19(29)31-25-13-5-3-11-23(25)21(9-7-15-27)17-33-18-22(10-8-16-28)24-12-4-6-14-26(24)32-20(2)30/h3-6,11-14,21-22H,7-10,15-18H2,1-2H3. The minimum Gasteiger partial charge on any atom is -0.426 e. The number of hydrogen-bond acceptors (Lipinski definition) is 5. The highest BCUT2D eigenvalue weighted by atomic mass is 79.9. The fourth-order valence-corrected chi connectivity index (χ4v) is 5.83. The van der Waals surface area contributed by atoms with Gasteiger partial charge in [0.1, 0.15) is 11.5 Å². The number of alkyl halides is 2. The van der Waals surface area contributed by atoms with Crippen molar-refractivity contribution in [2.24, 2.45) is 0 Å². The Hall–Kier alpha value is -1.31. The number of esters is 2. The van der Waals surface area contributed by atoms with Crippen LogP contribution >= 0.6 is 43.6 Å². The third-order valence-corrected chi connectivity index (χ3v) is 7.63. The lowest BCUT2D eigenvalue weighted by Crippen LogP contribution is -2.12. The molecule has 2 unspecified atom stereocenters. The summed E-state index contributed by atoms with van der Waals surface area (Å²) >= 11 is 9.00. The summed E-state index contributed by atoms with van der Waals surface area (Å²) in [5.74, 6) is 3.12. The molecule has 0 aliphatic carbocycles. The number of halogens is 2. The van der Waals surface area contributed by atoms with Crippen molar-refractivity contribution < 1.29 is 19.1 Å². The van der Waals surface area contributed by atoms with Gasteiger partial charge in [-0.15, -0.1) is 0 Å². The normalized spacial score (nSPS) is 12.7. The summed E-state index contributed by atoms with van der Waals surface area (Å²) in [7, 11) is 0. The predicted molar refractivity (Wildman–Crippen MR) is 144 cm³/mol. The Labute approximate surface area is 218 Å². The van der Waals surface area contributed by atoms with E-state index in [1.807, 2.05) is 48.2 Å². The molecule has 0 aliphatic heterocycles. The van der Waals surface area contributed by atoms with Gasteiger partial charge in [0.05, 0.1) is 0 Å². The fraction of sp³-hybridized carbons (Fsp3) is 0.462. The molecular formula is C26H32Br2O4S. The quantitative estimate of drug-likeness (QED) is 0.128. The van der Waals surface area contributed by atoms with Crippen LogP contribution in [0, 0.1) is 0 Å². The molecule has 0 saturated heterocycles. The summed E-state index contributed by atoms with van der Waals surface area (Å²) in [5, 5.41) is 1.88. The largest absolute Gasteiger partial charge is 0.426 e. The summed E-state index contributed by atoms with van der Waals surface area (Å²) in [6, 6.07) is 15.7. The number of benzene rings is 2. The van der Waals surface area contributed by atoms with E-state index >= 15 is 0 Å². The average molecular weight is 600 g/mol. The molecule has 2 atom stereocenters. The van der Waals surface area contributed by atoms with Crippen molar-refractivity contribution in [2.75, 3.05) is 22.2 Å². The summed E-state index contributed by atoms with van der Waals surface area (Å²) in [6.45, 7) is 2.88. The number of thioether (sulfide) groups is 1. The molecule has 2 aromatic carbocycles. The van der Waals surface area contributed by atoms with Crippen LogP contribution in [0.3, 0.4) is 0 Å². The highest BCUT2D eigenvalue weighted by molar-refractivity contribution is 9.09. The van der Waals surface area contributed by atoms with E-state index in [9.17, 15) is 9.59 Å². The van der Waals surface area contributed by atoms with Crippen molar-refractivity contribution in [1.82, 2.24) is 0 Å². The van der Waals surface area contributed by atoms with Gasteiger partial charge in [-0.25, -0.2) is 0 Å². The van der Waals surface area contributed by atoms with Gasteiger partial charge < -0.3 is 9.47 Å². The third-order valence-electron chi connectivity index (χ3n) is 5.24. The second-order valence-electron chi connectivity index (χ2n) is 7.86. The van der Waals surface area contributed by atoms with Gasteiger partial charge >= 0.3 is 11.9 Å². The van der Waals surface area contributed by atoms with Crippen LogP contribution in [-0.4, -0.2) is 34.1 Å². The van der Waals surface area contributed by atoms with Crippen LogP contribution in [0.4, 0.5) is 0 Å². The van der Waals surface area contributed by atoms with E-state index in [1.54, 1.807) is 0 Å². The Bertz CT molecular complexity index is 819. The molecule has 0 spiro atoms. The molecule has 0 amide bonds. The highest BCUT2D eigenvalue weighted by Gasteiger charge is 2.21. The maximum Gasteiger partial charge on any atom is 0.308 e. The summed E-state index contributed by atoms with van der Waals surface area (Å²) in [4.78, 5) is 23.2. The van der Waals surface area contributed by atoms with E-state index < -0.39 is 0 Å². The van der Waals surface area contributed by atoms with Crippen LogP contribution in [0.25, 0.3) is 0 Å². The first-order valence-electron chi connectivity index (χ1n) is 11.2. The maximum absolute atomic E-state index is 11.6. The van der Waals surface area contributed by atoms with E-state index in [0.717, 1.165) is 59.0 Å². The second-order valence-corrected chi connectivity index (χ2v) is 10.5. The van der Waals surface area contributed by atoms with E-state index in [4.69, 9.17) is 9.47 Å². The lowest BCUT2D eigenvalue weighted by molar-refractivity contribution is -0.132. The summed E-state index contributed by atoms with van der Waals surface area (Å²) in [6.07, 6.45) is 4.10. The Balaban J connectivity index is 2.17. The lowest BCUT2D eigenvalue weighted by Gasteiger charge is -2.23. The van der Waals surface area contributed by atoms with Gasteiger partial charge in [-0.2, -0.15) is 11.8 Å². The molecule has 0 radical (unpaired) electrons. The number of carbonyl (C=O) groups excluding carboxylic acids is 2. The molecule has 33 heavy (non-hydrogen) atoms. The number of para-hydroxylation sites is 2. The van der Waals surface area contributed by atoms with Gasteiger partial charge in [-0.3, -0.25) is 9.59 Å². The Morgan fingerprint density at radius 3 is 1.52 bits per heavy atom. The number of carbonyl (C=O) groups is 2. The SMILES string of the molecule is CC(=O)Oc1ccccc1C(CCCBr)CSCC(CCCBr)c1ccccc1OC(C)=O. The molecule has 0 N–H and O–H groups in total. The zero-order valence-electron chi connectivity index (χ0n) is 19.2. The van der Waals surface area contributed by atoms with Gasteiger partial charge in [0.25, 0.3) is 0 Å².